The van der Waals surface area contributed by atoms with Crippen LogP contribution in [0.15, 0.2) is 96.0 Å². The largest absolute Gasteiger partial charge is 0.497 e. The average Bonchev–Trinajstić information content (AvgIpc) is 3.42. The molecule has 1 heterocycles. The second-order valence-electron chi connectivity index (χ2n) is 10.1. The van der Waals surface area contributed by atoms with E-state index in [2.05, 4.69) is 0 Å². The Morgan fingerprint density at radius 1 is 0.911 bits per heavy atom. The molecule has 9 nitrogen and oxygen atoms in total. The first-order chi connectivity index (χ1) is 21.5. The normalized spacial score (nSPS) is 11.3. The Hall–Kier alpha value is -4.51. The number of halogens is 2. The van der Waals surface area contributed by atoms with Crippen molar-refractivity contribution in [1.82, 2.24) is 9.55 Å². The summed E-state index contributed by atoms with van der Waals surface area (Å²) in [5.41, 5.74) is 3.82. The number of carboxylic acid groups (broad SMARTS) is 1. The minimum atomic E-state index is -3.97. The van der Waals surface area contributed by atoms with Crippen LogP contribution in [0.3, 0.4) is 0 Å². The second-order valence-corrected chi connectivity index (χ2v) is 12.9. The molecular weight excluding hydrogens is 637 g/mol. The molecule has 1 N–H and O–H groups in total. The Labute approximate surface area is 271 Å². The van der Waals surface area contributed by atoms with Crippen LogP contribution < -0.4 is 13.8 Å². The van der Waals surface area contributed by atoms with Crippen molar-refractivity contribution in [3.63, 3.8) is 0 Å². The zero-order valence-electron chi connectivity index (χ0n) is 24.6. The molecule has 0 saturated heterocycles. The van der Waals surface area contributed by atoms with E-state index in [4.69, 9.17) is 37.7 Å². The highest BCUT2D eigenvalue weighted by molar-refractivity contribution is 7.93. The van der Waals surface area contributed by atoms with Crippen molar-refractivity contribution in [3.05, 3.63) is 124 Å². The Balaban J connectivity index is 1.44. The molecule has 5 rings (SSSR count). The van der Waals surface area contributed by atoms with E-state index in [1.54, 1.807) is 60.7 Å². The van der Waals surface area contributed by atoms with Crippen molar-refractivity contribution in [2.24, 2.45) is 0 Å². The fourth-order valence-corrected chi connectivity index (χ4v) is 6.66. The standard InChI is InChI=1S/C33H29Cl2N3O6S/c1-37(45(41,42)31-18-26(43-2)13-15-30(31)44-3)25-11-6-21(7-12-25)16-32-36-29(27-14-10-24(34)17-28(27)35)20-38(32)19-22-4-8-23(9-5-22)33(39)40/h4-15,17-18,20H,16,19H2,1-3H3,(H,39,40). The predicted octanol–water partition coefficient (Wildman–Crippen LogP) is 7.04. The summed E-state index contributed by atoms with van der Waals surface area (Å²) in [5.74, 6) is 0.341. The van der Waals surface area contributed by atoms with Gasteiger partial charge in [0.1, 0.15) is 22.2 Å². The molecule has 0 saturated carbocycles. The summed E-state index contributed by atoms with van der Waals surface area (Å²) in [6.07, 6.45) is 2.32. The molecule has 0 bridgehead atoms. The van der Waals surface area contributed by atoms with Crippen molar-refractivity contribution in [3.8, 4) is 22.8 Å². The van der Waals surface area contributed by atoms with Gasteiger partial charge in [-0.2, -0.15) is 0 Å². The Bertz CT molecular complexity index is 1960. The predicted molar refractivity (Wildman–Crippen MR) is 175 cm³/mol. The van der Waals surface area contributed by atoms with Crippen LogP contribution in [0.25, 0.3) is 11.3 Å². The number of sulfonamides is 1. The smallest absolute Gasteiger partial charge is 0.335 e. The number of aromatic carboxylic acids is 1. The van der Waals surface area contributed by atoms with E-state index < -0.39 is 16.0 Å². The number of hydrogen-bond donors (Lipinski definition) is 1. The number of hydrogen-bond acceptors (Lipinski definition) is 6. The lowest BCUT2D eigenvalue weighted by Crippen LogP contribution is -2.27. The van der Waals surface area contributed by atoms with Gasteiger partial charge in [0.25, 0.3) is 10.0 Å². The van der Waals surface area contributed by atoms with Gasteiger partial charge < -0.3 is 19.1 Å². The van der Waals surface area contributed by atoms with Crippen LogP contribution in [0.2, 0.25) is 10.0 Å². The molecule has 0 fully saturated rings. The lowest BCUT2D eigenvalue weighted by Gasteiger charge is -2.21. The molecule has 0 aliphatic heterocycles. The number of methoxy groups -OCH3 is 2. The van der Waals surface area contributed by atoms with Gasteiger partial charge in [0.05, 0.1) is 36.2 Å². The van der Waals surface area contributed by atoms with Crippen molar-refractivity contribution >= 4 is 44.9 Å². The number of carbonyl (C=O) groups is 1. The van der Waals surface area contributed by atoms with Crippen LogP contribution in [-0.4, -0.2) is 50.3 Å². The maximum absolute atomic E-state index is 13.5. The van der Waals surface area contributed by atoms with E-state index in [-0.39, 0.29) is 16.2 Å². The van der Waals surface area contributed by atoms with Crippen molar-refractivity contribution < 1.29 is 27.8 Å². The summed E-state index contributed by atoms with van der Waals surface area (Å²) < 4.78 is 40.8. The van der Waals surface area contributed by atoms with Gasteiger partial charge in [0.2, 0.25) is 0 Å². The first-order valence-corrected chi connectivity index (χ1v) is 15.8. The molecule has 0 aliphatic rings. The molecule has 5 aromatic rings. The molecule has 0 radical (unpaired) electrons. The van der Waals surface area contributed by atoms with Gasteiger partial charge in [0.15, 0.2) is 0 Å². The third kappa shape index (κ3) is 6.93. The van der Waals surface area contributed by atoms with E-state index >= 15 is 0 Å². The van der Waals surface area contributed by atoms with Crippen LogP contribution in [0, 0.1) is 0 Å². The topological polar surface area (TPSA) is 111 Å². The minimum Gasteiger partial charge on any atom is -0.497 e. The first-order valence-electron chi connectivity index (χ1n) is 13.6. The van der Waals surface area contributed by atoms with Gasteiger partial charge in [-0.15, -0.1) is 0 Å². The van der Waals surface area contributed by atoms with Crippen molar-refractivity contribution in [1.29, 1.82) is 0 Å². The lowest BCUT2D eigenvalue weighted by atomic mass is 10.1. The molecule has 0 aliphatic carbocycles. The summed E-state index contributed by atoms with van der Waals surface area (Å²) >= 11 is 12.6. The van der Waals surface area contributed by atoms with E-state index in [1.165, 1.54) is 31.6 Å². The van der Waals surface area contributed by atoms with Gasteiger partial charge >= 0.3 is 5.97 Å². The molecule has 45 heavy (non-hydrogen) atoms. The molecule has 0 spiro atoms. The highest BCUT2D eigenvalue weighted by Gasteiger charge is 2.26. The minimum absolute atomic E-state index is 0.0114. The van der Waals surface area contributed by atoms with E-state index in [1.807, 2.05) is 29.0 Å². The van der Waals surface area contributed by atoms with E-state index in [9.17, 15) is 18.3 Å². The van der Waals surface area contributed by atoms with Crippen molar-refractivity contribution in [2.75, 3.05) is 25.6 Å². The quantitative estimate of drug-likeness (QED) is 0.161. The fraction of sp³-hybridized carbons (Fsp3) is 0.152. The number of nitrogens with zero attached hydrogens (tertiary/aromatic N) is 3. The zero-order chi connectivity index (χ0) is 32.3. The molecule has 0 amide bonds. The summed E-state index contributed by atoms with van der Waals surface area (Å²) in [6, 6.07) is 23.7. The molecule has 1 aromatic heterocycles. The molecule has 232 valence electrons. The molecule has 0 unspecified atom stereocenters. The number of ether oxygens (including phenoxy) is 2. The monoisotopic (exact) mass is 665 g/mol. The summed E-state index contributed by atoms with van der Waals surface area (Å²) in [4.78, 5) is 16.2. The van der Waals surface area contributed by atoms with E-state index in [0.717, 1.165) is 22.5 Å². The number of rotatable bonds is 11. The number of aromatic nitrogens is 2. The SMILES string of the molecule is COc1ccc(OC)c(S(=O)(=O)N(C)c2ccc(Cc3nc(-c4ccc(Cl)cc4Cl)cn3Cc3ccc(C(=O)O)cc3)cc2)c1. The maximum atomic E-state index is 13.5. The Kier molecular flexibility index (Phi) is 9.38. The van der Waals surface area contributed by atoms with Gasteiger partial charge in [-0.25, -0.2) is 18.2 Å². The highest BCUT2D eigenvalue weighted by atomic mass is 35.5. The summed E-state index contributed by atoms with van der Waals surface area (Å²) in [6.45, 7) is 0.439. The van der Waals surface area contributed by atoms with Crippen LogP contribution in [0.4, 0.5) is 5.69 Å². The summed E-state index contributed by atoms with van der Waals surface area (Å²) in [5, 5.41) is 10.2. The van der Waals surface area contributed by atoms with E-state index in [0.29, 0.717) is 40.1 Å². The first kappa shape index (κ1) is 31.9. The van der Waals surface area contributed by atoms with Crippen LogP contribution in [0.5, 0.6) is 11.5 Å². The van der Waals surface area contributed by atoms with Gasteiger partial charge in [-0.3, -0.25) is 4.31 Å². The number of benzene rings is 4. The Morgan fingerprint density at radius 2 is 1.60 bits per heavy atom. The second kappa shape index (κ2) is 13.2. The molecule has 4 aromatic carbocycles. The Morgan fingerprint density at radius 3 is 2.22 bits per heavy atom. The highest BCUT2D eigenvalue weighted by Crippen LogP contribution is 2.33. The number of anilines is 1. The summed E-state index contributed by atoms with van der Waals surface area (Å²) in [7, 11) is 0.390. The molecular formula is C33H29Cl2N3O6S. The van der Waals surface area contributed by atoms with Gasteiger partial charge in [-0.05, 0) is 65.7 Å². The number of carboxylic acids is 1. The van der Waals surface area contributed by atoms with Crippen LogP contribution in [-0.2, 0) is 23.0 Å². The van der Waals surface area contributed by atoms with Gasteiger partial charge in [0, 0.05) is 42.9 Å². The van der Waals surface area contributed by atoms with Crippen LogP contribution in [0.1, 0.15) is 27.3 Å². The molecule has 0 atom stereocenters. The van der Waals surface area contributed by atoms with Crippen molar-refractivity contribution in [2.45, 2.75) is 17.9 Å². The van der Waals surface area contributed by atoms with Crippen LogP contribution >= 0.6 is 23.2 Å². The number of imidazole rings is 1. The van der Waals surface area contributed by atoms with Gasteiger partial charge in [-0.1, -0.05) is 47.5 Å². The zero-order valence-corrected chi connectivity index (χ0v) is 26.9. The maximum Gasteiger partial charge on any atom is 0.335 e. The molecule has 12 heteroatoms. The fourth-order valence-electron chi connectivity index (χ4n) is 4.79. The third-order valence-electron chi connectivity index (χ3n) is 7.29. The third-order valence-corrected chi connectivity index (χ3v) is 9.65. The lowest BCUT2D eigenvalue weighted by molar-refractivity contribution is 0.0697. The average molecular weight is 667 g/mol.